The number of carboxylic acid groups (broad SMARTS) is 1. The molecule has 0 aromatic heterocycles. The minimum absolute atomic E-state index is 0.113. The number of benzene rings is 2. The molecule has 1 amide bonds. The lowest BCUT2D eigenvalue weighted by molar-refractivity contribution is 0.0697. The molecule has 0 heterocycles. The molecule has 2 rings (SSSR count). The molecule has 0 unspecified atom stereocenters. The van der Waals surface area contributed by atoms with Crippen molar-refractivity contribution < 1.29 is 14.7 Å². The summed E-state index contributed by atoms with van der Waals surface area (Å²) in [6, 6.07) is 14.0. The zero-order valence-corrected chi connectivity index (χ0v) is 11.8. The van der Waals surface area contributed by atoms with Gasteiger partial charge in [-0.2, -0.15) is 0 Å². The maximum Gasteiger partial charge on any atom is 0.335 e. The van der Waals surface area contributed by atoms with Gasteiger partial charge in [0.25, 0.3) is 5.91 Å². The van der Waals surface area contributed by atoms with Gasteiger partial charge in [-0.15, -0.1) is 0 Å². The second-order valence-corrected chi connectivity index (χ2v) is 4.82. The molecular weight excluding hydrogens is 266 g/mol. The molecule has 21 heavy (non-hydrogen) atoms. The third-order valence-corrected chi connectivity index (χ3v) is 3.31. The van der Waals surface area contributed by atoms with E-state index >= 15 is 0 Å². The van der Waals surface area contributed by atoms with Crippen molar-refractivity contribution in [1.29, 1.82) is 0 Å². The van der Waals surface area contributed by atoms with Gasteiger partial charge in [-0.1, -0.05) is 30.3 Å². The van der Waals surface area contributed by atoms with Gasteiger partial charge in [0.2, 0.25) is 0 Å². The third kappa shape index (κ3) is 3.92. The fourth-order valence-corrected chi connectivity index (χ4v) is 2.10. The summed E-state index contributed by atoms with van der Waals surface area (Å²) in [6.45, 7) is 2.55. The van der Waals surface area contributed by atoms with Crippen LogP contribution >= 0.6 is 0 Å². The van der Waals surface area contributed by atoms with Gasteiger partial charge < -0.3 is 10.4 Å². The maximum absolute atomic E-state index is 12.0. The van der Waals surface area contributed by atoms with Crippen molar-refractivity contribution in [2.75, 3.05) is 6.54 Å². The molecule has 0 bridgehead atoms. The Bertz CT molecular complexity index is 665. The topological polar surface area (TPSA) is 66.4 Å². The summed E-state index contributed by atoms with van der Waals surface area (Å²) in [7, 11) is 0. The predicted octanol–water partition coefficient (Wildman–Crippen LogP) is 2.67. The summed E-state index contributed by atoms with van der Waals surface area (Å²) in [5.41, 5.74) is 2.86. The third-order valence-electron chi connectivity index (χ3n) is 3.31. The van der Waals surface area contributed by atoms with E-state index in [1.165, 1.54) is 23.3 Å². The second kappa shape index (κ2) is 6.70. The number of rotatable bonds is 5. The molecule has 2 aromatic carbocycles. The summed E-state index contributed by atoms with van der Waals surface area (Å²) >= 11 is 0. The van der Waals surface area contributed by atoms with Crippen molar-refractivity contribution >= 4 is 11.9 Å². The fourth-order valence-electron chi connectivity index (χ4n) is 2.10. The zero-order chi connectivity index (χ0) is 15.2. The van der Waals surface area contributed by atoms with Gasteiger partial charge in [0.1, 0.15) is 0 Å². The average Bonchev–Trinajstić information content (AvgIpc) is 2.49. The van der Waals surface area contributed by atoms with E-state index in [0.29, 0.717) is 12.1 Å². The Morgan fingerprint density at radius 1 is 1.05 bits per heavy atom. The second-order valence-electron chi connectivity index (χ2n) is 4.82. The number of aryl methyl sites for hydroxylation is 1. The Hall–Kier alpha value is -2.62. The Balaban J connectivity index is 1.95. The van der Waals surface area contributed by atoms with E-state index in [2.05, 4.69) is 5.32 Å². The fraction of sp³-hybridized carbons (Fsp3) is 0.176. The summed E-state index contributed by atoms with van der Waals surface area (Å²) < 4.78 is 0. The first-order valence-corrected chi connectivity index (χ1v) is 6.74. The highest BCUT2D eigenvalue weighted by atomic mass is 16.4. The molecule has 0 saturated carbocycles. The highest BCUT2D eigenvalue weighted by molar-refractivity contribution is 5.97. The molecule has 4 nitrogen and oxygen atoms in total. The molecule has 2 N–H and O–H groups in total. The van der Waals surface area contributed by atoms with Gasteiger partial charge in [-0.25, -0.2) is 4.79 Å². The van der Waals surface area contributed by atoms with Gasteiger partial charge >= 0.3 is 5.97 Å². The van der Waals surface area contributed by atoms with E-state index in [1.54, 1.807) is 12.1 Å². The summed E-state index contributed by atoms with van der Waals surface area (Å²) in [5.74, 6) is -1.30. The van der Waals surface area contributed by atoms with Crippen LogP contribution in [0.5, 0.6) is 0 Å². The Morgan fingerprint density at radius 3 is 2.48 bits per heavy atom. The minimum atomic E-state index is -1.04. The van der Waals surface area contributed by atoms with Crippen molar-refractivity contribution in [3.8, 4) is 0 Å². The first-order chi connectivity index (χ1) is 10.1. The molecule has 0 aliphatic rings. The SMILES string of the molecule is Cc1ccccc1CCNC(=O)c1cccc(C(=O)O)c1. The highest BCUT2D eigenvalue weighted by Gasteiger charge is 2.09. The minimum Gasteiger partial charge on any atom is -0.478 e. The van der Waals surface area contributed by atoms with Gasteiger partial charge in [-0.3, -0.25) is 4.79 Å². The van der Waals surface area contributed by atoms with Crippen LogP contribution in [-0.2, 0) is 6.42 Å². The van der Waals surface area contributed by atoms with Crippen LogP contribution in [-0.4, -0.2) is 23.5 Å². The monoisotopic (exact) mass is 283 g/mol. The quantitative estimate of drug-likeness (QED) is 0.886. The molecule has 108 valence electrons. The average molecular weight is 283 g/mol. The molecule has 0 spiro atoms. The van der Waals surface area contributed by atoms with E-state index in [9.17, 15) is 9.59 Å². The van der Waals surface area contributed by atoms with Crippen LogP contribution in [0.3, 0.4) is 0 Å². The number of hydrogen-bond acceptors (Lipinski definition) is 2. The number of amides is 1. The molecule has 2 aromatic rings. The van der Waals surface area contributed by atoms with Gasteiger partial charge in [-0.05, 0) is 42.7 Å². The number of nitrogens with one attached hydrogen (secondary N) is 1. The van der Waals surface area contributed by atoms with E-state index in [1.807, 2.05) is 31.2 Å². The highest BCUT2D eigenvalue weighted by Crippen LogP contribution is 2.08. The van der Waals surface area contributed by atoms with Gasteiger partial charge in [0.05, 0.1) is 5.56 Å². The summed E-state index contributed by atoms with van der Waals surface area (Å²) in [5, 5.41) is 11.7. The van der Waals surface area contributed by atoms with Crippen molar-refractivity contribution in [2.45, 2.75) is 13.3 Å². The molecule has 0 atom stereocenters. The first-order valence-electron chi connectivity index (χ1n) is 6.74. The number of carboxylic acids is 1. The van der Waals surface area contributed by atoms with Gasteiger partial charge in [0.15, 0.2) is 0 Å². The Labute approximate surface area is 123 Å². The number of aromatic carboxylic acids is 1. The van der Waals surface area contributed by atoms with E-state index in [4.69, 9.17) is 5.11 Å². The van der Waals surface area contributed by atoms with Crippen LogP contribution in [0.1, 0.15) is 31.8 Å². The van der Waals surface area contributed by atoms with Crippen LogP contribution in [0.15, 0.2) is 48.5 Å². The largest absolute Gasteiger partial charge is 0.478 e. The lowest BCUT2D eigenvalue weighted by Gasteiger charge is -2.08. The number of carbonyl (C=O) groups is 2. The van der Waals surface area contributed by atoms with Crippen molar-refractivity contribution in [3.63, 3.8) is 0 Å². The molecule has 0 radical (unpaired) electrons. The number of hydrogen-bond donors (Lipinski definition) is 2. The van der Waals surface area contributed by atoms with Crippen LogP contribution < -0.4 is 5.32 Å². The van der Waals surface area contributed by atoms with E-state index in [0.717, 1.165) is 6.42 Å². The lowest BCUT2D eigenvalue weighted by Crippen LogP contribution is -2.26. The molecule has 0 aliphatic heterocycles. The summed E-state index contributed by atoms with van der Waals surface area (Å²) in [6.07, 6.45) is 0.747. The van der Waals surface area contributed by atoms with E-state index < -0.39 is 5.97 Å². The molecule has 0 aliphatic carbocycles. The zero-order valence-electron chi connectivity index (χ0n) is 11.8. The van der Waals surface area contributed by atoms with Crippen LogP contribution in [0, 0.1) is 6.92 Å². The van der Waals surface area contributed by atoms with Crippen LogP contribution in [0.2, 0.25) is 0 Å². The van der Waals surface area contributed by atoms with Crippen molar-refractivity contribution in [2.24, 2.45) is 0 Å². The summed E-state index contributed by atoms with van der Waals surface area (Å²) in [4.78, 5) is 22.9. The standard InChI is InChI=1S/C17H17NO3/c1-12-5-2-3-6-13(12)9-10-18-16(19)14-7-4-8-15(11-14)17(20)21/h2-8,11H,9-10H2,1H3,(H,18,19)(H,20,21). The van der Waals surface area contributed by atoms with Crippen LogP contribution in [0.25, 0.3) is 0 Å². The maximum atomic E-state index is 12.0. The smallest absolute Gasteiger partial charge is 0.335 e. The van der Waals surface area contributed by atoms with Crippen LogP contribution in [0.4, 0.5) is 0 Å². The van der Waals surface area contributed by atoms with E-state index in [-0.39, 0.29) is 11.5 Å². The first kappa shape index (κ1) is 14.8. The molecule has 4 heteroatoms. The lowest BCUT2D eigenvalue weighted by atomic mass is 10.1. The Kier molecular flexibility index (Phi) is 4.72. The number of carbonyl (C=O) groups excluding carboxylic acids is 1. The molecule has 0 saturated heterocycles. The predicted molar refractivity (Wildman–Crippen MR) is 80.6 cm³/mol. The molecular formula is C17H17NO3. The molecule has 0 fully saturated rings. The normalized spacial score (nSPS) is 10.1. The van der Waals surface area contributed by atoms with Crippen molar-refractivity contribution in [3.05, 3.63) is 70.8 Å². The van der Waals surface area contributed by atoms with Crippen molar-refractivity contribution in [1.82, 2.24) is 5.32 Å². The Morgan fingerprint density at radius 2 is 1.76 bits per heavy atom. The van der Waals surface area contributed by atoms with Gasteiger partial charge in [0, 0.05) is 12.1 Å².